The van der Waals surface area contributed by atoms with Crippen LogP contribution in [0.2, 0.25) is 0 Å². The van der Waals surface area contributed by atoms with Crippen LogP contribution in [0, 0.1) is 12.8 Å². The van der Waals surface area contributed by atoms with Crippen molar-refractivity contribution in [2.24, 2.45) is 5.92 Å². The summed E-state index contributed by atoms with van der Waals surface area (Å²) >= 11 is 0. The number of aromatic nitrogens is 1. The summed E-state index contributed by atoms with van der Waals surface area (Å²) in [4.78, 5) is 23.1. The lowest BCUT2D eigenvalue weighted by Crippen LogP contribution is -2.35. The van der Waals surface area contributed by atoms with Crippen molar-refractivity contribution >= 4 is 11.9 Å². The Morgan fingerprint density at radius 2 is 2.05 bits per heavy atom. The summed E-state index contributed by atoms with van der Waals surface area (Å²) in [6.07, 6.45) is 0.453. The number of hydrogen-bond acceptors (Lipinski definition) is 4. The number of aliphatic carboxylic acids is 1. The lowest BCUT2D eigenvalue weighted by Gasteiger charge is -2.13. The molecule has 116 valence electrons. The Balaban J connectivity index is 1.86. The van der Waals surface area contributed by atoms with Crippen molar-refractivity contribution in [3.63, 3.8) is 0 Å². The van der Waals surface area contributed by atoms with E-state index in [-0.39, 0.29) is 18.9 Å². The van der Waals surface area contributed by atoms with Crippen LogP contribution in [0.5, 0.6) is 0 Å². The summed E-state index contributed by atoms with van der Waals surface area (Å²) in [5.74, 6) is -1.23. The van der Waals surface area contributed by atoms with E-state index in [0.29, 0.717) is 17.9 Å². The summed E-state index contributed by atoms with van der Waals surface area (Å²) in [6, 6.07) is 11.0. The minimum absolute atomic E-state index is 0.0784. The first-order chi connectivity index (χ1) is 10.5. The summed E-state index contributed by atoms with van der Waals surface area (Å²) in [7, 11) is 0. The summed E-state index contributed by atoms with van der Waals surface area (Å²) in [6.45, 7) is 1.83. The Kier molecular flexibility index (Phi) is 5.30. The number of rotatable bonds is 7. The highest BCUT2D eigenvalue weighted by atomic mass is 16.5. The first-order valence-corrected chi connectivity index (χ1v) is 7.00. The standard InChI is InChI=1S/C16H18N2O4/c1-11-7-14(18-22-11)9-15(19)17-10-13(16(20)21)8-12-5-3-2-4-6-12/h2-7,13H,8-10H2,1H3,(H,17,19)(H,20,21). The molecule has 1 aromatic carbocycles. The smallest absolute Gasteiger partial charge is 0.308 e. The molecular formula is C16H18N2O4. The second kappa shape index (κ2) is 7.40. The Bertz CT molecular complexity index is 637. The number of amides is 1. The lowest BCUT2D eigenvalue weighted by atomic mass is 9.99. The molecule has 0 saturated carbocycles. The van der Waals surface area contributed by atoms with E-state index in [0.717, 1.165) is 5.56 Å². The van der Waals surface area contributed by atoms with E-state index in [4.69, 9.17) is 4.52 Å². The predicted molar refractivity (Wildman–Crippen MR) is 79.2 cm³/mol. The van der Waals surface area contributed by atoms with Crippen LogP contribution in [0.3, 0.4) is 0 Å². The van der Waals surface area contributed by atoms with E-state index in [1.165, 1.54) is 0 Å². The number of benzene rings is 1. The van der Waals surface area contributed by atoms with E-state index in [1.54, 1.807) is 13.0 Å². The molecule has 1 unspecified atom stereocenters. The third-order valence-corrected chi connectivity index (χ3v) is 3.24. The molecule has 0 aliphatic rings. The van der Waals surface area contributed by atoms with E-state index < -0.39 is 11.9 Å². The average molecular weight is 302 g/mol. The van der Waals surface area contributed by atoms with Crippen LogP contribution in [-0.2, 0) is 22.4 Å². The molecule has 1 heterocycles. The second-order valence-corrected chi connectivity index (χ2v) is 5.13. The monoisotopic (exact) mass is 302 g/mol. The zero-order valence-corrected chi connectivity index (χ0v) is 12.3. The molecule has 1 aromatic heterocycles. The van der Waals surface area contributed by atoms with Crippen LogP contribution in [0.25, 0.3) is 0 Å². The molecule has 0 spiro atoms. The fourth-order valence-corrected chi connectivity index (χ4v) is 2.11. The topological polar surface area (TPSA) is 92.4 Å². The molecule has 0 aliphatic heterocycles. The van der Waals surface area contributed by atoms with Gasteiger partial charge in [-0.25, -0.2) is 0 Å². The number of nitrogens with one attached hydrogen (secondary N) is 1. The lowest BCUT2D eigenvalue weighted by molar-refractivity contribution is -0.141. The maximum Gasteiger partial charge on any atom is 0.308 e. The van der Waals surface area contributed by atoms with Gasteiger partial charge >= 0.3 is 5.97 Å². The predicted octanol–water partition coefficient (Wildman–Crippen LogP) is 1.59. The van der Waals surface area contributed by atoms with E-state index >= 15 is 0 Å². The van der Waals surface area contributed by atoms with Gasteiger partial charge in [0.05, 0.1) is 18.0 Å². The van der Waals surface area contributed by atoms with Gasteiger partial charge in [-0.15, -0.1) is 0 Å². The van der Waals surface area contributed by atoms with E-state index in [1.807, 2.05) is 30.3 Å². The normalized spacial score (nSPS) is 11.9. The first-order valence-electron chi connectivity index (χ1n) is 7.00. The van der Waals surface area contributed by atoms with Gasteiger partial charge in [-0.3, -0.25) is 9.59 Å². The van der Waals surface area contributed by atoms with Crippen molar-refractivity contribution in [2.75, 3.05) is 6.54 Å². The molecule has 22 heavy (non-hydrogen) atoms. The minimum atomic E-state index is -0.929. The fourth-order valence-electron chi connectivity index (χ4n) is 2.11. The van der Waals surface area contributed by atoms with Crippen LogP contribution in [0.1, 0.15) is 17.0 Å². The van der Waals surface area contributed by atoms with Gasteiger partial charge < -0.3 is 14.9 Å². The number of carboxylic acid groups (broad SMARTS) is 1. The summed E-state index contributed by atoms with van der Waals surface area (Å²) < 4.78 is 4.88. The maximum atomic E-state index is 11.8. The minimum Gasteiger partial charge on any atom is -0.481 e. The highest BCUT2D eigenvalue weighted by Crippen LogP contribution is 2.09. The fraction of sp³-hybridized carbons (Fsp3) is 0.312. The number of carbonyl (C=O) groups excluding carboxylic acids is 1. The van der Waals surface area contributed by atoms with Gasteiger partial charge in [0, 0.05) is 12.6 Å². The molecule has 0 saturated heterocycles. The largest absolute Gasteiger partial charge is 0.481 e. The van der Waals surface area contributed by atoms with Crippen molar-refractivity contribution in [1.29, 1.82) is 0 Å². The first kappa shape index (κ1) is 15.8. The molecule has 1 atom stereocenters. The molecule has 6 nitrogen and oxygen atoms in total. The third kappa shape index (κ3) is 4.73. The zero-order chi connectivity index (χ0) is 15.9. The molecule has 0 radical (unpaired) electrons. The Labute approximate surface area is 128 Å². The number of carboxylic acids is 1. The van der Waals surface area contributed by atoms with Gasteiger partial charge in [0.2, 0.25) is 5.91 Å². The van der Waals surface area contributed by atoms with Crippen LogP contribution in [0.15, 0.2) is 40.9 Å². The molecule has 2 rings (SSSR count). The van der Waals surface area contributed by atoms with E-state index in [9.17, 15) is 14.7 Å². The van der Waals surface area contributed by atoms with Crippen LogP contribution in [0.4, 0.5) is 0 Å². The number of aryl methyl sites for hydroxylation is 1. The van der Waals surface area contributed by atoms with Crippen molar-refractivity contribution in [2.45, 2.75) is 19.8 Å². The van der Waals surface area contributed by atoms with Crippen molar-refractivity contribution in [3.8, 4) is 0 Å². The zero-order valence-electron chi connectivity index (χ0n) is 12.3. The van der Waals surface area contributed by atoms with Crippen molar-refractivity contribution in [1.82, 2.24) is 10.5 Å². The Morgan fingerprint density at radius 1 is 1.32 bits per heavy atom. The van der Waals surface area contributed by atoms with E-state index in [2.05, 4.69) is 10.5 Å². The van der Waals surface area contributed by atoms with Crippen LogP contribution < -0.4 is 5.32 Å². The molecule has 1 amide bonds. The average Bonchev–Trinajstić information content (AvgIpc) is 2.89. The molecule has 6 heteroatoms. The van der Waals surface area contributed by atoms with Gasteiger partial charge in [0.25, 0.3) is 0 Å². The van der Waals surface area contributed by atoms with Gasteiger partial charge in [-0.05, 0) is 18.9 Å². The Morgan fingerprint density at radius 3 is 2.64 bits per heavy atom. The van der Waals surface area contributed by atoms with Gasteiger partial charge in [-0.1, -0.05) is 35.5 Å². The van der Waals surface area contributed by atoms with Crippen molar-refractivity contribution in [3.05, 3.63) is 53.4 Å². The van der Waals surface area contributed by atoms with Crippen molar-refractivity contribution < 1.29 is 19.2 Å². The number of nitrogens with zero attached hydrogens (tertiary/aromatic N) is 1. The second-order valence-electron chi connectivity index (χ2n) is 5.13. The molecule has 0 aliphatic carbocycles. The highest BCUT2D eigenvalue weighted by molar-refractivity contribution is 5.79. The molecule has 2 aromatic rings. The van der Waals surface area contributed by atoms with Gasteiger partial charge in [-0.2, -0.15) is 0 Å². The van der Waals surface area contributed by atoms with Gasteiger partial charge in [0.15, 0.2) is 0 Å². The molecule has 0 fully saturated rings. The summed E-state index contributed by atoms with van der Waals surface area (Å²) in [5.41, 5.74) is 1.46. The Hall–Kier alpha value is -2.63. The third-order valence-electron chi connectivity index (χ3n) is 3.24. The number of carbonyl (C=O) groups is 2. The quantitative estimate of drug-likeness (QED) is 0.810. The summed E-state index contributed by atoms with van der Waals surface area (Å²) in [5, 5.41) is 15.6. The van der Waals surface area contributed by atoms with Gasteiger partial charge in [0.1, 0.15) is 5.76 Å². The molecular weight excluding hydrogens is 284 g/mol. The maximum absolute atomic E-state index is 11.8. The molecule has 0 bridgehead atoms. The van der Waals surface area contributed by atoms with Crippen LogP contribution in [-0.4, -0.2) is 28.7 Å². The highest BCUT2D eigenvalue weighted by Gasteiger charge is 2.19. The molecule has 2 N–H and O–H groups in total. The number of hydrogen-bond donors (Lipinski definition) is 2. The van der Waals surface area contributed by atoms with Crippen LogP contribution >= 0.6 is 0 Å². The SMILES string of the molecule is Cc1cc(CC(=O)NCC(Cc2ccccc2)C(=O)O)no1.